The van der Waals surface area contributed by atoms with E-state index in [2.05, 4.69) is 22.3 Å². The first kappa shape index (κ1) is 11.3. The predicted octanol–water partition coefficient (Wildman–Crippen LogP) is 1.09. The van der Waals surface area contributed by atoms with Crippen molar-refractivity contribution in [1.29, 1.82) is 0 Å². The van der Waals surface area contributed by atoms with Gasteiger partial charge in [0.2, 0.25) is 0 Å². The first-order valence-corrected chi connectivity index (χ1v) is 4.98. The molecule has 1 heterocycles. The summed E-state index contributed by atoms with van der Waals surface area (Å²) in [5, 5.41) is 7.08. The van der Waals surface area contributed by atoms with E-state index in [0.29, 0.717) is 13.0 Å². The second kappa shape index (κ2) is 5.86. The lowest BCUT2D eigenvalue weighted by atomic mass is 10.4. The molecule has 4 heteroatoms. The highest BCUT2D eigenvalue weighted by Gasteiger charge is 1.97. The number of hydrogen-bond donors (Lipinski definition) is 1. The van der Waals surface area contributed by atoms with Crippen molar-refractivity contribution < 1.29 is 0 Å². The van der Waals surface area contributed by atoms with Gasteiger partial charge in [0.05, 0.1) is 18.4 Å². The smallest absolute Gasteiger partial charge is 0.268 e. The van der Waals surface area contributed by atoms with E-state index in [-0.39, 0.29) is 5.56 Å². The predicted molar refractivity (Wildman–Crippen MR) is 60.7 cm³/mol. The molecule has 4 nitrogen and oxygen atoms in total. The van der Waals surface area contributed by atoms with E-state index < -0.39 is 0 Å². The molecule has 0 amide bonds. The van der Waals surface area contributed by atoms with E-state index in [1.165, 1.54) is 4.68 Å². The normalized spacial score (nSPS) is 9.20. The summed E-state index contributed by atoms with van der Waals surface area (Å²) in [5.41, 5.74) is 0.673. The van der Waals surface area contributed by atoms with Crippen LogP contribution >= 0.6 is 0 Å². The van der Waals surface area contributed by atoms with Gasteiger partial charge < -0.3 is 5.32 Å². The molecule has 80 valence electrons. The minimum Gasteiger partial charge on any atom is -0.384 e. The van der Waals surface area contributed by atoms with Crippen LogP contribution < -0.4 is 10.9 Å². The van der Waals surface area contributed by atoms with Crippen LogP contribution in [0.15, 0.2) is 17.1 Å². The number of nitrogens with zero attached hydrogens (tertiary/aromatic N) is 2. The lowest BCUT2D eigenvalue weighted by molar-refractivity contribution is 0.591. The van der Waals surface area contributed by atoms with Gasteiger partial charge in [0.1, 0.15) is 0 Å². The third-order valence-corrected chi connectivity index (χ3v) is 1.88. The van der Waals surface area contributed by atoms with Crippen molar-refractivity contribution in [2.24, 2.45) is 0 Å². The number of nitrogens with one attached hydrogen (secondary N) is 1. The Kier molecular flexibility index (Phi) is 4.42. The lowest BCUT2D eigenvalue weighted by Gasteiger charge is -2.04. The van der Waals surface area contributed by atoms with Crippen LogP contribution in [0.25, 0.3) is 0 Å². The maximum absolute atomic E-state index is 11.5. The average Bonchev–Trinajstić information content (AvgIpc) is 2.22. The lowest BCUT2D eigenvalue weighted by Crippen LogP contribution is -2.22. The van der Waals surface area contributed by atoms with Crippen LogP contribution in [0.5, 0.6) is 0 Å². The molecule has 0 radical (unpaired) electrons. The Balaban J connectivity index is 2.73. The van der Waals surface area contributed by atoms with Gasteiger partial charge in [-0.25, -0.2) is 4.68 Å². The molecule has 0 saturated carbocycles. The highest BCUT2D eigenvalue weighted by molar-refractivity contribution is 5.38. The highest BCUT2D eigenvalue weighted by atomic mass is 16.1. The second-order valence-electron chi connectivity index (χ2n) is 3.01. The molecule has 1 N–H and O–H groups in total. The van der Waals surface area contributed by atoms with Gasteiger partial charge in [0, 0.05) is 19.0 Å². The summed E-state index contributed by atoms with van der Waals surface area (Å²) in [6.07, 6.45) is 2.31. The minimum absolute atomic E-state index is 0.0913. The Morgan fingerprint density at radius 1 is 1.60 bits per heavy atom. The van der Waals surface area contributed by atoms with E-state index in [1.807, 2.05) is 6.92 Å². The van der Waals surface area contributed by atoms with E-state index in [0.717, 1.165) is 12.2 Å². The monoisotopic (exact) mass is 205 g/mol. The Morgan fingerprint density at radius 3 is 3.00 bits per heavy atom. The molecular weight excluding hydrogens is 190 g/mol. The molecule has 1 aromatic heterocycles. The van der Waals surface area contributed by atoms with E-state index >= 15 is 0 Å². The van der Waals surface area contributed by atoms with Gasteiger partial charge in [0.25, 0.3) is 5.56 Å². The van der Waals surface area contributed by atoms with Crippen molar-refractivity contribution in [2.75, 3.05) is 11.9 Å². The van der Waals surface area contributed by atoms with Crippen molar-refractivity contribution in [3.05, 3.63) is 22.6 Å². The highest BCUT2D eigenvalue weighted by Crippen LogP contribution is 1.98. The number of aromatic nitrogens is 2. The molecule has 0 aliphatic carbocycles. The van der Waals surface area contributed by atoms with Gasteiger partial charge in [-0.1, -0.05) is 0 Å². The molecule has 0 fully saturated rings. The first-order chi connectivity index (χ1) is 7.27. The Hall–Kier alpha value is -1.76. The molecule has 0 bridgehead atoms. The Morgan fingerprint density at radius 2 is 2.40 bits per heavy atom. The molecule has 0 aromatic carbocycles. The van der Waals surface area contributed by atoms with Gasteiger partial charge >= 0.3 is 0 Å². The third-order valence-electron chi connectivity index (χ3n) is 1.88. The Labute approximate surface area is 89.3 Å². The largest absolute Gasteiger partial charge is 0.384 e. The van der Waals surface area contributed by atoms with E-state index in [9.17, 15) is 4.79 Å². The van der Waals surface area contributed by atoms with Crippen LogP contribution in [0.4, 0.5) is 5.69 Å². The van der Waals surface area contributed by atoms with Crippen molar-refractivity contribution in [3.63, 3.8) is 0 Å². The maximum Gasteiger partial charge on any atom is 0.268 e. The quantitative estimate of drug-likeness (QED) is 0.748. The van der Waals surface area contributed by atoms with Gasteiger partial charge in [-0.2, -0.15) is 5.10 Å². The molecule has 0 saturated heterocycles. The zero-order valence-electron chi connectivity index (χ0n) is 9.08. The number of rotatable bonds is 4. The molecule has 1 aromatic rings. The van der Waals surface area contributed by atoms with Crippen molar-refractivity contribution in [2.45, 2.75) is 26.8 Å². The van der Waals surface area contributed by atoms with Crippen molar-refractivity contribution in [3.8, 4) is 11.8 Å². The number of anilines is 1. The van der Waals surface area contributed by atoms with Gasteiger partial charge in [-0.15, -0.1) is 11.8 Å². The SMILES string of the molecule is CC#CCCn1ncc(NCC)cc1=O. The van der Waals surface area contributed by atoms with Crippen molar-refractivity contribution in [1.82, 2.24) is 9.78 Å². The van der Waals surface area contributed by atoms with Crippen LogP contribution in [0.3, 0.4) is 0 Å². The van der Waals surface area contributed by atoms with Crippen LogP contribution in [0.1, 0.15) is 20.3 Å². The number of aryl methyl sites for hydroxylation is 1. The zero-order valence-corrected chi connectivity index (χ0v) is 9.08. The fraction of sp³-hybridized carbons (Fsp3) is 0.455. The molecule has 0 spiro atoms. The van der Waals surface area contributed by atoms with Crippen LogP contribution in [0, 0.1) is 11.8 Å². The Bertz CT molecular complexity index is 425. The van der Waals surface area contributed by atoms with Crippen molar-refractivity contribution >= 4 is 5.69 Å². The second-order valence-corrected chi connectivity index (χ2v) is 3.01. The molecule has 1 rings (SSSR count). The molecular formula is C11H15N3O. The topological polar surface area (TPSA) is 46.9 Å². The summed E-state index contributed by atoms with van der Waals surface area (Å²) >= 11 is 0. The fourth-order valence-electron chi connectivity index (χ4n) is 1.19. The first-order valence-electron chi connectivity index (χ1n) is 4.98. The third kappa shape index (κ3) is 3.47. The zero-order chi connectivity index (χ0) is 11.1. The number of hydrogen-bond acceptors (Lipinski definition) is 3. The summed E-state index contributed by atoms with van der Waals surface area (Å²) in [4.78, 5) is 11.5. The summed E-state index contributed by atoms with van der Waals surface area (Å²) in [6.45, 7) is 5.09. The summed E-state index contributed by atoms with van der Waals surface area (Å²) in [5.74, 6) is 5.68. The standard InChI is InChI=1S/C11H15N3O/c1-3-5-6-7-14-11(15)8-10(9-13-14)12-4-2/h8-9,12H,4,6-7H2,1-2H3. The summed E-state index contributed by atoms with van der Waals surface area (Å²) < 4.78 is 1.42. The molecule has 15 heavy (non-hydrogen) atoms. The average molecular weight is 205 g/mol. The van der Waals surface area contributed by atoms with E-state index in [1.54, 1.807) is 19.2 Å². The van der Waals surface area contributed by atoms with Gasteiger partial charge in [-0.3, -0.25) is 4.79 Å². The molecule has 0 atom stereocenters. The minimum atomic E-state index is -0.0913. The van der Waals surface area contributed by atoms with E-state index in [4.69, 9.17) is 0 Å². The molecule has 0 aliphatic rings. The summed E-state index contributed by atoms with van der Waals surface area (Å²) in [7, 11) is 0. The molecule has 0 unspecified atom stereocenters. The van der Waals surface area contributed by atoms with Crippen LogP contribution in [0.2, 0.25) is 0 Å². The van der Waals surface area contributed by atoms with Gasteiger partial charge in [-0.05, 0) is 13.8 Å². The van der Waals surface area contributed by atoms with Crippen LogP contribution in [-0.2, 0) is 6.54 Å². The fourth-order valence-corrected chi connectivity index (χ4v) is 1.19. The van der Waals surface area contributed by atoms with Crippen LogP contribution in [-0.4, -0.2) is 16.3 Å². The summed E-state index contributed by atoms with van der Waals surface area (Å²) in [6, 6.07) is 1.55. The van der Waals surface area contributed by atoms with Gasteiger partial charge in [0.15, 0.2) is 0 Å². The maximum atomic E-state index is 11.5. The molecule has 0 aliphatic heterocycles.